The van der Waals surface area contributed by atoms with E-state index in [1.807, 2.05) is 45.0 Å². The molecule has 49 heavy (non-hydrogen) atoms. The maximum absolute atomic E-state index is 12.2. The number of ether oxygens (including phenoxy) is 6. The number of carbonyl (C=O) groups is 1. The summed E-state index contributed by atoms with van der Waals surface area (Å²) in [5, 5.41) is 2.29. The molecule has 5 rings (SSSR count). The van der Waals surface area contributed by atoms with E-state index < -0.39 is 26.2 Å². The highest BCUT2D eigenvalue weighted by atomic mass is 28.4. The van der Waals surface area contributed by atoms with Gasteiger partial charge in [0.25, 0.3) is 8.32 Å². The third-order valence-corrected chi connectivity index (χ3v) is 14.4. The van der Waals surface area contributed by atoms with Crippen LogP contribution in [0.4, 0.5) is 0 Å². The molecule has 5 atom stereocenters. The van der Waals surface area contributed by atoms with E-state index in [4.69, 9.17) is 32.8 Å². The first-order valence-electron chi connectivity index (χ1n) is 17.1. The number of hydrogen-bond acceptors (Lipinski definition) is 8. The molecule has 0 amide bonds. The highest BCUT2D eigenvalue weighted by molar-refractivity contribution is 6.99. The first-order chi connectivity index (χ1) is 23.3. The van der Waals surface area contributed by atoms with Crippen LogP contribution in [-0.4, -0.2) is 71.4 Å². The first kappa shape index (κ1) is 37.0. The lowest BCUT2D eigenvalue weighted by Gasteiger charge is -2.46. The van der Waals surface area contributed by atoms with Gasteiger partial charge in [-0.15, -0.1) is 0 Å². The molecule has 2 fully saturated rings. The summed E-state index contributed by atoms with van der Waals surface area (Å²) in [4.78, 5) is 12.2. The van der Waals surface area contributed by atoms with Crippen LogP contribution in [0.5, 0.6) is 5.75 Å². The molecule has 0 N–H and O–H groups in total. The van der Waals surface area contributed by atoms with Gasteiger partial charge in [0.1, 0.15) is 11.9 Å². The standard InChI is InChI=1S/C40H52O8Si/c1-28(23-37(41)43-8)38-36(44-26-29-19-21-30(42-7)22-20-29)25-34(46-38)35-24-31(47-40(5,6)48-35)27-45-49(39(2,3)4,32-15-11-9-12-16-32)33-17-13-10-14-18-33/h9-23,31,34-36,38H,24-27H2,1-8H3/b28-23-/t31-,34+,35+,36+,38+/m1/s1. The predicted molar refractivity (Wildman–Crippen MR) is 193 cm³/mol. The fourth-order valence-electron chi connectivity index (χ4n) is 7.19. The molecule has 0 aliphatic carbocycles. The number of benzene rings is 3. The molecule has 2 saturated heterocycles. The second-order valence-corrected chi connectivity index (χ2v) is 18.8. The zero-order valence-electron chi connectivity index (χ0n) is 30.1. The van der Waals surface area contributed by atoms with Gasteiger partial charge in [-0.3, -0.25) is 0 Å². The van der Waals surface area contributed by atoms with Crippen molar-refractivity contribution in [1.82, 2.24) is 0 Å². The molecule has 8 nitrogen and oxygen atoms in total. The molecule has 0 spiro atoms. The van der Waals surface area contributed by atoms with E-state index in [-0.39, 0.29) is 29.5 Å². The molecule has 2 aliphatic rings. The van der Waals surface area contributed by atoms with Crippen molar-refractivity contribution in [2.75, 3.05) is 20.8 Å². The fraction of sp³-hybridized carbons (Fsp3) is 0.475. The van der Waals surface area contributed by atoms with Crippen LogP contribution >= 0.6 is 0 Å². The van der Waals surface area contributed by atoms with E-state index in [2.05, 4.69) is 81.4 Å². The fourth-order valence-corrected chi connectivity index (χ4v) is 11.8. The molecule has 3 aromatic carbocycles. The molecule has 3 aromatic rings. The number of esters is 1. The number of hydrogen-bond donors (Lipinski definition) is 0. The Morgan fingerprint density at radius 1 is 0.878 bits per heavy atom. The van der Waals surface area contributed by atoms with Crippen molar-refractivity contribution in [3.63, 3.8) is 0 Å². The van der Waals surface area contributed by atoms with Gasteiger partial charge in [-0.25, -0.2) is 4.79 Å². The zero-order valence-corrected chi connectivity index (χ0v) is 31.1. The maximum Gasteiger partial charge on any atom is 0.330 e. The summed E-state index contributed by atoms with van der Waals surface area (Å²) in [7, 11) is 0.248. The predicted octanol–water partition coefficient (Wildman–Crippen LogP) is 6.34. The zero-order chi connectivity index (χ0) is 35.2. The minimum atomic E-state index is -2.77. The molecular weight excluding hydrogens is 637 g/mol. The van der Waals surface area contributed by atoms with E-state index >= 15 is 0 Å². The van der Waals surface area contributed by atoms with Crippen LogP contribution < -0.4 is 15.1 Å². The highest BCUT2D eigenvalue weighted by Gasteiger charge is 2.52. The average molecular weight is 689 g/mol. The largest absolute Gasteiger partial charge is 0.497 e. The first-order valence-corrected chi connectivity index (χ1v) is 19.0. The smallest absolute Gasteiger partial charge is 0.330 e. The molecule has 0 aromatic heterocycles. The number of rotatable bonds is 12. The van der Waals surface area contributed by atoms with Gasteiger partial charge >= 0.3 is 5.97 Å². The van der Waals surface area contributed by atoms with E-state index in [1.165, 1.54) is 23.6 Å². The molecule has 0 bridgehead atoms. The lowest BCUT2D eigenvalue weighted by molar-refractivity contribution is -0.316. The Morgan fingerprint density at radius 3 is 2.04 bits per heavy atom. The summed E-state index contributed by atoms with van der Waals surface area (Å²) in [5.41, 5.74) is 1.76. The van der Waals surface area contributed by atoms with Crippen LogP contribution in [-0.2, 0) is 39.5 Å². The van der Waals surface area contributed by atoms with Crippen molar-refractivity contribution in [1.29, 1.82) is 0 Å². The lowest BCUT2D eigenvalue weighted by Crippen LogP contribution is -2.67. The van der Waals surface area contributed by atoms with Gasteiger partial charge < -0.3 is 32.8 Å². The molecule has 0 unspecified atom stereocenters. The van der Waals surface area contributed by atoms with Gasteiger partial charge in [-0.05, 0) is 59.5 Å². The third-order valence-electron chi connectivity index (χ3n) is 9.44. The SMILES string of the molecule is COC(=O)/C=C(/C)[C@@H]1O[C@H]([C@@H]2C[C@H](CO[Si](c3ccccc3)(c3ccccc3)C(C)(C)C)OC(C)(C)O2)C[C@@H]1OCc1ccc(OC)cc1. The summed E-state index contributed by atoms with van der Waals surface area (Å²) in [6.07, 6.45) is 1.12. The van der Waals surface area contributed by atoms with Crippen molar-refractivity contribution in [2.24, 2.45) is 0 Å². The quantitative estimate of drug-likeness (QED) is 0.124. The Morgan fingerprint density at radius 2 is 1.49 bits per heavy atom. The topological polar surface area (TPSA) is 81.7 Å². The average Bonchev–Trinajstić information content (AvgIpc) is 3.52. The van der Waals surface area contributed by atoms with Crippen molar-refractivity contribution in [3.8, 4) is 5.75 Å². The van der Waals surface area contributed by atoms with Gasteiger partial charge in [-0.2, -0.15) is 0 Å². The molecule has 2 heterocycles. The molecule has 0 radical (unpaired) electrons. The van der Waals surface area contributed by atoms with Crippen LogP contribution in [0.3, 0.4) is 0 Å². The highest BCUT2D eigenvalue weighted by Crippen LogP contribution is 2.40. The van der Waals surface area contributed by atoms with Crippen molar-refractivity contribution in [3.05, 3.63) is 102 Å². The molecular formula is C40H52O8Si. The van der Waals surface area contributed by atoms with Crippen molar-refractivity contribution >= 4 is 24.7 Å². The van der Waals surface area contributed by atoms with Gasteiger partial charge in [0.2, 0.25) is 0 Å². The molecule has 2 aliphatic heterocycles. The van der Waals surface area contributed by atoms with E-state index in [0.29, 0.717) is 26.1 Å². The van der Waals surface area contributed by atoms with Crippen LogP contribution in [0.25, 0.3) is 0 Å². The van der Waals surface area contributed by atoms with Gasteiger partial charge in [-0.1, -0.05) is 93.6 Å². The Kier molecular flexibility index (Phi) is 11.8. The summed E-state index contributed by atoms with van der Waals surface area (Å²) < 4.78 is 43.8. The third kappa shape index (κ3) is 8.71. The van der Waals surface area contributed by atoms with Crippen molar-refractivity contribution in [2.45, 2.75) is 102 Å². The Labute approximate surface area is 292 Å². The second-order valence-electron chi connectivity index (χ2n) is 14.4. The molecule has 0 saturated carbocycles. The maximum atomic E-state index is 12.2. The van der Waals surface area contributed by atoms with E-state index in [1.54, 1.807) is 7.11 Å². The Bertz CT molecular complexity index is 1490. The molecule has 264 valence electrons. The van der Waals surface area contributed by atoms with Gasteiger partial charge in [0.05, 0.1) is 51.8 Å². The van der Waals surface area contributed by atoms with E-state index in [9.17, 15) is 4.79 Å². The Hall–Kier alpha value is -3.31. The minimum absolute atomic E-state index is 0.157. The van der Waals surface area contributed by atoms with Crippen molar-refractivity contribution < 1.29 is 37.6 Å². The Balaban J connectivity index is 1.37. The second kappa shape index (κ2) is 15.7. The number of methoxy groups -OCH3 is 2. The normalized spacial score (nSPS) is 24.4. The van der Waals surface area contributed by atoms with Gasteiger partial charge in [0, 0.05) is 18.9 Å². The summed E-state index contributed by atoms with van der Waals surface area (Å²) in [5.74, 6) is -0.502. The minimum Gasteiger partial charge on any atom is -0.497 e. The monoisotopic (exact) mass is 688 g/mol. The van der Waals surface area contributed by atoms with Crippen LogP contribution in [0, 0.1) is 0 Å². The summed E-state index contributed by atoms with van der Waals surface area (Å²) in [6.45, 7) is 13.4. The van der Waals surface area contributed by atoms with E-state index in [0.717, 1.165) is 16.9 Å². The van der Waals surface area contributed by atoms with Crippen LogP contribution in [0.1, 0.15) is 59.9 Å². The van der Waals surface area contributed by atoms with Crippen LogP contribution in [0.2, 0.25) is 5.04 Å². The number of carbonyl (C=O) groups excluding carboxylic acids is 1. The summed E-state index contributed by atoms with van der Waals surface area (Å²) in [6, 6.07) is 29.1. The van der Waals surface area contributed by atoms with Gasteiger partial charge in [0.15, 0.2) is 5.79 Å². The van der Waals surface area contributed by atoms with Crippen LogP contribution in [0.15, 0.2) is 96.6 Å². The summed E-state index contributed by atoms with van der Waals surface area (Å²) >= 11 is 0. The molecule has 9 heteroatoms. The lowest BCUT2D eigenvalue weighted by atomic mass is 9.99.